The van der Waals surface area contributed by atoms with Crippen LogP contribution in [0, 0.1) is 5.92 Å². The van der Waals surface area contributed by atoms with E-state index in [1.165, 1.54) is 32.2 Å². The molecule has 4 fully saturated rings. The maximum atomic E-state index is 12.6. The second-order valence-electron chi connectivity index (χ2n) is 7.43. The number of ether oxygens (including phenoxy) is 1. The van der Waals surface area contributed by atoms with E-state index in [9.17, 15) is 9.59 Å². The molecule has 4 aliphatic rings. The van der Waals surface area contributed by atoms with Gasteiger partial charge in [0.25, 0.3) is 0 Å². The number of morpholine rings is 1. The van der Waals surface area contributed by atoms with Gasteiger partial charge in [-0.3, -0.25) is 14.5 Å². The van der Waals surface area contributed by atoms with E-state index in [2.05, 4.69) is 4.90 Å². The molecule has 0 aromatic rings. The minimum Gasteiger partial charge on any atom is -0.370 e. The molecule has 3 aliphatic heterocycles. The van der Waals surface area contributed by atoms with Crippen molar-refractivity contribution in [2.24, 2.45) is 5.92 Å². The molecule has 0 radical (unpaired) electrons. The number of nitrogens with zero attached hydrogens (tertiary/aromatic N) is 3. The highest BCUT2D eigenvalue weighted by atomic mass is 16.5. The number of carbonyl (C=O) groups excluding carboxylic acids is 2. The first-order valence-electron chi connectivity index (χ1n) is 9.11. The summed E-state index contributed by atoms with van der Waals surface area (Å²) in [6.45, 7) is 4.41. The van der Waals surface area contributed by atoms with Crippen molar-refractivity contribution >= 4 is 11.8 Å². The summed E-state index contributed by atoms with van der Waals surface area (Å²) in [5, 5.41) is 0. The van der Waals surface area contributed by atoms with Gasteiger partial charge in [-0.05, 0) is 44.6 Å². The van der Waals surface area contributed by atoms with Crippen LogP contribution in [0.5, 0.6) is 0 Å². The number of amides is 2. The Balaban J connectivity index is 1.34. The van der Waals surface area contributed by atoms with Crippen LogP contribution in [0.25, 0.3) is 0 Å². The quantitative estimate of drug-likeness (QED) is 0.751. The Bertz CT molecular complexity index is 480. The summed E-state index contributed by atoms with van der Waals surface area (Å²) in [5.41, 5.74) is 0. The topological polar surface area (TPSA) is 53.1 Å². The van der Waals surface area contributed by atoms with Crippen LogP contribution in [0.15, 0.2) is 0 Å². The van der Waals surface area contributed by atoms with Gasteiger partial charge >= 0.3 is 0 Å². The molecule has 6 nitrogen and oxygen atoms in total. The molecule has 0 aromatic heterocycles. The molecule has 0 bridgehead atoms. The van der Waals surface area contributed by atoms with E-state index in [1.807, 2.05) is 4.90 Å². The zero-order chi connectivity index (χ0) is 15.8. The fourth-order valence-corrected chi connectivity index (χ4v) is 4.51. The van der Waals surface area contributed by atoms with Gasteiger partial charge in [-0.25, -0.2) is 0 Å². The van der Waals surface area contributed by atoms with Crippen LogP contribution in [0.1, 0.15) is 32.1 Å². The molecule has 6 heteroatoms. The Kier molecular flexibility index (Phi) is 4.28. The maximum Gasteiger partial charge on any atom is 0.249 e. The van der Waals surface area contributed by atoms with E-state index in [4.69, 9.17) is 4.74 Å². The predicted molar refractivity (Wildman–Crippen MR) is 84.8 cm³/mol. The first-order chi connectivity index (χ1) is 11.2. The van der Waals surface area contributed by atoms with Crippen molar-refractivity contribution in [1.29, 1.82) is 0 Å². The van der Waals surface area contributed by atoms with Gasteiger partial charge in [0.15, 0.2) is 0 Å². The highest BCUT2D eigenvalue weighted by Crippen LogP contribution is 2.38. The average molecular weight is 321 g/mol. The lowest BCUT2D eigenvalue weighted by Gasteiger charge is -2.47. The number of carbonyl (C=O) groups is 2. The van der Waals surface area contributed by atoms with E-state index in [0.29, 0.717) is 25.1 Å². The van der Waals surface area contributed by atoms with Gasteiger partial charge in [0.1, 0.15) is 6.61 Å². The van der Waals surface area contributed by atoms with Crippen molar-refractivity contribution in [1.82, 2.24) is 14.7 Å². The van der Waals surface area contributed by atoms with Gasteiger partial charge in [0.2, 0.25) is 11.8 Å². The smallest absolute Gasteiger partial charge is 0.249 e. The molecule has 0 N–H and O–H groups in total. The summed E-state index contributed by atoms with van der Waals surface area (Å²) in [5.74, 6) is 0.682. The second-order valence-corrected chi connectivity index (χ2v) is 7.43. The van der Waals surface area contributed by atoms with Crippen LogP contribution in [-0.2, 0) is 14.3 Å². The molecule has 4 rings (SSSR count). The third-order valence-corrected chi connectivity index (χ3v) is 5.89. The third-order valence-electron chi connectivity index (χ3n) is 5.89. The third kappa shape index (κ3) is 3.24. The molecule has 23 heavy (non-hydrogen) atoms. The number of hydrogen-bond acceptors (Lipinski definition) is 4. The van der Waals surface area contributed by atoms with Gasteiger partial charge < -0.3 is 14.5 Å². The fourth-order valence-electron chi connectivity index (χ4n) is 4.51. The molecule has 2 atom stereocenters. The van der Waals surface area contributed by atoms with Crippen LogP contribution in [0.2, 0.25) is 0 Å². The molecule has 1 saturated carbocycles. The molecule has 1 aliphatic carbocycles. The van der Waals surface area contributed by atoms with Crippen molar-refractivity contribution in [3.05, 3.63) is 0 Å². The predicted octanol–water partition coefficient (Wildman–Crippen LogP) is 0.321. The molecule has 128 valence electrons. The summed E-state index contributed by atoms with van der Waals surface area (Å²) >= 11 is 0. The van der Waals surface area contributed by atoms with Crippen LogP contribution < -0.4 is 0 Å². The van der Waals surface area contributed by atoms with E-state index in [-0.39, 0.29) is 25.0 Å². The van der Waals surface area contributed by atoms with Crippen LogP contribution in [0.3, 0.4) is 0 Å². The Morgan fingerprint density at radius 1 is 1.13 bits per heavy atom. The standard InChI is InChI=1S/C17H27N3O3/c21-16(11-19-8-9-23-12-17(19)22)18-7-5-15-13(10-18)2-1-6-20(15)14-3-4-14/h13-15H,1-12H2/t13-,15+/m1/s1. The van der Waals surface area contributed by atoms with Gasteiger partial charge in [-0.2, -0.15) is 0 Å². The molecular formula is C17H27N3O3. The average Bonchev–Trinajstić information content (AvgIpc) is 3.40. The van der Waals surface area contributed by atoms with Crippen LogP contribution in [0.4, 0.5) is 0 Å². The Labute approximate surface area is 137 Å². The summed E-state index contributed by atoms with van der Waals surface area (Å²) in [6.07, 6.45) is 6.34. The van der Waals surface area contributed by atoms with Gasteiger partial charge in [0, 0.05) is 31.7 Å². The SMILES string of the molecule is O=C1COCCN1CC(=O)N1CC[C@H]2[C@H](CCCN2C2CC2)C1. The second kappa shape index (κ2) is 6.40. The fraction of sp³-hybridized carbons (Fsp3) is 0.882. The van der Waals surface area contributed by atoms with E-state index < -0.39 is 0 Å². The normalized spacial score (nSPS) is 32.8. The lowest BCUT2D eigenvalue weighted by molar-refractivity contribution is -0.149. The molecule has 0 aromatic carbocycles. The maximum absolute atomic E-state index is 12.6. The Morgan fingerprint density at radius 3 is 2.78 bits per heavy atom. The number of fused-ring (bicyclic) bond motifs is 1. The van der Waals surface area contributed by atoms with E-state index >= 15 is 0 Å². The van der Waals surface area contributed by atoms with Gasteiger partial charge in [-0.1, -0.05) is 0 Å². The van der Waals surface area contributed by atoms with Crippen molar-refractivity contribution in [2.45, 2.75) is 44.2 Å². The van der Waals surface area contributed by atoms with Crippen LogP contribution >= 0.6 is 0 Å². The minimum absolute atomic E-state index is 0.0583. The van der Waals surface area contributed by atoms with Crippen molar-refractivity contribution < 1.29 is 14.3 Å². The summed E-state index contributed by atoms with van der Waals surface area (Å²) < 4.78 is 5.13. The lowest BCUT2D eigenvalue weighted by Crippen LogP contribution is -2.57. The first-order valence-corrected chi connectivity index (χ1v) is 9.11. The van der Waals surface area contributed by atoms with Crippen molar-refractivity contribution in [3.63, 3.8) is 0 Å². The van der Waals surface area contributed by atoms with Crippen molar-refractivity contribution in [2.75, 3.05) is 45.9 Å². The number of hydrogen-bond donors (Lipinski definition) is 0. The Hall–Kier alpha value is -1.14. The van der Waals surface area contributed by atoms with Crippen molar-refractivity contribution in [3.8, 4) is 0 Å². The van der Waals surface area contributed by atoms with Crippen LogP contribution in [-0.4, -0.2) is 84.5 Å². The lowest BCUT2D eigenvalue weighted by atomic mass is 9.83. The highest BCUT2D eigenvalue weighted by Gasteiger charge is 2.42. The summed E-state index contributed by atoms with van der Waals surface area (Å²) in [6, 6.07) is 1.52. The molecule has 0 spiro atoms. The molecule has 3 saturated heterocycles. The molecule has 3 heterocycles. The number of rotatable bonds is 3. The Morgan fingerprint density at radius 2 is 2.00 bits per heavy atom. The van der Waals surface area contributed by atoms with Gasteiger partial charge in [-0.15, -0.1) is 0 Å². The molecular weight excluding hydrogens is 294 g/mol. The molecule has 2 amide bonds. The van der Waals surface area contributed by atoms with Gasteiger partial charge in [0.05, 0.1) is 13.2 Å². The summed E-state index contributed by atoms with van der Waals surface area (Å²) in [4.78, 5) is 30.8. The monoisotopic (exact) mass is 321 g/mol. The number of likely N-dealkylation sites (tertiary alicyclic amines) is 2. The largest absolute Gasteiger partial charge is 0.370 e. The zero-order valence-electron chi connectivity index (χ0n) is 13.8. The first kappa shape index (κ1) is 15.4. The summed E-state index contributed by atoms with van der Waals surface area (Å²) in [7, 11) is 0. The minimum atomic E-state index is -0.0583. The zero-order valence-corrected chi connectivity index (χ0v) is 13.8. The number of piperidine rings is 2. The highest BCUT2D eigenvalue weighted by molar-refractivity contribution is 5.85. The van der Waals surface area contributed by atoms with E-state index in [1.54, 1.807) is 4.90 Å². The van der Waals surface area contributed by atoms with E-state index in [0.717, 1.165) is 25.6 Å². The molecule has 0 unspecified atom stereocenters.